The van der Waals surface area contributed by atoms with Crippen molar-refractivity contribution >= 4 is 58.4 Å². The first-order valence-electron chi connectivity index (χ1n) is 30.7. The fraction of sp³-hybridized carbons (Fsp3) is 0.662. The Labute approximate surface area is 541 Å². The number of amides is 2. The first-order chi connectivity index (χ1) is 41.1. The van der Waals surface area contributed by atoms with Gasteiger partial charge in [-0.25, -0.2) is 32.5 Å². The average Bonchev–Trinajstić information content (AvgIpc) is 1.84. The van der Waals surface area contributed by atoms with E-state index in [4.69, 9.17) is 28.4 Å². The number of halogens is 4. The van der Waals surface area contributed by atoms with Crippen LogP contribution in [0.3, 0.4) is 0 Å². The van der Waals surface area contributed by atoms with Crippen LogP contribution in [0.25, 0.3) is 22.1 Å². The number of hydrogen-bond donors (Lipinski definition) is 0. The standard InChI is InChI=1S/C33H42F2N3O6.C32H40F2N3O6.2V/c1-7-21-25(18-39)38-17-26(21)43-29-28(36-23-12-11-20(42-6)14-24(23)37-29)33(34,35)13-9-8-10-19-16-32(19,5)44-27(40)15-22(30(38)41)31(2,3)4;1-6-20-24(17-38)37-16-26(20)43-29-28(35-22-11-10-19(41-5)14-23(22)36-29)32(33,34)12-8-7-9-18-13-25(18)42-27(39)15-21(30(37)40)31(2,3)4;;/h11-12,14,19,21-22,25-26H,7-10,13,15-17H2,1-6H3;10-11,14,18,20-21,24-26H,6-9,12-13,15-16H2,1-5H3;;/q2*-1;;/t19-,21+,22-,25-,26+,32-;18-,20+,21-,24-,25-,26+;;/m11../s1. The maximum atomic E-state index is 15.9. The predicted octanol–water partition coefficient (Wildman–Crippen LogP) is 11.1. The summed E-state index contributed by atoms with van der Waals surface area (Å²) < 4.78 is 98.2. The molecule has 4 bridgehead atoms. The van der Waals surface area contributed by atoms with Gasteiger partial charge in [0.05, 0.1) is 74.1 Å². The third kappa shape index (κ3) is 15.7. The van der Waals surface area contributed by atoms with Crippen LogP contribution in [0.4, 0.5) is 17.6 Å². The second-order valence-electron chi connectivity index (χ2n) is 26.9. The Hall–Kier alpha value is -5.57. The smallest absolute Gasteiger partial charge is 0.307 e. The summed E-state index contributed by atoms with van der Waals surface area (Å²) in [5.74, 6) is -10.6. The number of hydrogen-bond acceptors (Lipinski definition) is 16. The van der Waals surface area contributed by atoms with Crippen molar-refractivity contribution in [3.63, 3.8) is 0 Å². The molecule has 18 nitrogen and oxygen atoms in total. The summed E-state index contributed by atoms with van der Waals surface area (Å²) in [4.78, 5) is 99.3. The van der Waals surface area contributed by atoms with Gasteiger partial charge in [0.1, 0.15) is 35.4 Å². The molecule has 2 radical (unpaired) electrons. The third-order valence-corrected chi connectivity index (χ3v) is 18.7. The van der Waals surface area contributed by atoms with Gasteiger partial charge in [-0.1, -0.05) is 93.2 Å². The van der Waals surface area contributed by atoms with Crippen LogP contribution in [0.5, 0.6) is 23.3 Å². The number of rotatable bonds is 6. The normalized spacial score (nSPS) is 29.9. The maximum Gasteiger partial charge on any atom is 0.307 e. The zero-order chi connectivity index (χ0) is 63.1. The van der Waals surface area contributed by atoms with Gasteiger partial charge in [-0.2, -0.15) is 17.6 Å². The molecule has 2 aliphatic carbocycles. The first-order valence-corrected chi connectivity index (χ1v) is 30.7. The largest absolute Gasteiger partial charge is 0.540 e. The molecule has 2 saturated carbocycles. The molecule has 0 N–H and O–H groups in total. The molecule has 4 aromatic rings. The molecule has 484 valence electrons. The van der Waals surface area contributed by atoms with Gasteiger partial charge in [0, 0.05) is 68.0 Å². The summed E-state index contributed by atoms with van der Waals surface area (Å²) in [6, 6.07) is 7.65. The molecule has 4 aliphatic heterocycles. The van der Waals surface area contributed by atoms with Crippen molar-refractivity contribution < 1.29 is 112 Å². The van der Waals surface area contributed by atoms with E-state index < -0.39 is 124 Å². The van der Waals surface area contributed by atoms with Crippen molar-refractivity contribution in [3.05, 3.63) is 47.8 Å². The van der Waals surface area contributed by atoms with Crippen molar-refractivity contribution in [2.75, 3.05) is 27.3 Å². The molecule has 12 atom stereocenters. The van der Waals surface area contributed by atoms with E-state index >= 15 is 17.6 Å². The molecule has 4 fully saturated rings. The fourth-order valence-corrected chi connectivity index (χ4v) is 13.1. The summed E-state index contributed by atoms with van der Waals surface area (Å²) in [5, 5.41) is 0. The van der Waals surface area contributed by atoms with Crippen LogP contribution < -0.4 is 18.9 Å². The van der Waals surface area contributed by atoms with Gasteiger partial charge in [-0.15, -0.1) is 0 Å². The molecule has 0 spiro atoms. The number of methoxy groups -OCH3 is 2. The summed E-state index contributed by atoms with van der Waals surface area (Å²) >= 11 is 0. The number of carbonyl (C=O) groups is 4. The Morgan fingerprint density at radius 3 is 1.46 bits per heavy atom. The minimum absolute atomic E-state index is 0. The fourth-order valence-electron chi connectivity index (χ4n) is 13.1. The zero-order valence-electron chi connectivity index (χ0n) is 52.6. The molecule has 2 saturated heterocycles. The monoisotopic (exact) mass is 1320 g/mol. The maximum absolute atomic E-state index is 15.9. The Morgan fingerprint density at radius 2 is 1.04 bits per heavy atom. The van der Waals surface area contributed by atoms with E-state index in [-0.39, 0.29) is 117 Å². The molecule has 24 heteroatoms. The van der Waals surface area contributed by atoms with Gasteiger partial charge in [0.2, 0.25) is 23.6 Å². The summed E-state index contributed by atoms with van der Waals surface area (Å²) in [6.07, 6.45) is 5.89. The molecular formula is C65H82F4N6O12V2-2. The SMILES string of the molecule is CC[C@@H]1[C@@H]2CN(C(=O)[C@H](C(C)(C)C)CC(=O)O[C@@H]3C[C@H]3CCCCC(F)(F)c3nc4ccc(OC)cc4nc3O2)[C@@H]1[C-]=O.CC[C@@H]1[C@@H]2CN(C(=O)[C@H](C(C)(C)C)CC(=O)O[C@]3(C)C[C@H]3CCCCC(F)(F)c3nc4ccc(OC)cc4nc3O2)[C@@H]1[C-]=O.[V].[V]. The molecular weight excluding hydrogens is 1230 g/mol. The van der Waals surface area contributed by atoms with Gasteiger partial charge in [-0.05, 0) is 98.3 Å². The second-order valence-corrected chi connectivity index (χ2v) is 26.9. The first kappa shape index (κ1) is 70.9. The number of ether oxygens (including phenoxy) is 6. The van der Waals surface area contributed by atoms with Gasteiger partial charge < -0.3 is 47.8 Å². The number of fused-ring (bicyclic) bond motifs is 10. The number of carbonyl (C=O) groups excluding carboxylic acids is 6. The van der Waals surface area contributed by atoms with Crippen LogP contribution in [0, 0.1) is 46.3 Å². The number of benzene rings is 2. The van der Waals surface area contributed by atoms with Crippen LogP contribution in [0.2, 0.25) is 0 Å². The van der Waals surface area contributed by atoms with E-state index in [1.54, 1.807) is 36.4 Å². The van der Waals surface area contributed by atoms with E-state index in [2.05, 4.69) is 19.9 Å². The van der Waals surface area contributed by atoms with Crippen LogP contribution >= 0.6 is 0 Å². The van der Waals surface area contributed by atoms with Crippen molar-refractivity contribution in [2.24, 2.45) is 46.3 Å². The number of aromatic nitrogens is 4. The predicted molar refractivity (Wildman–Crippen MR) is 311 cm³/mol. The molecule has 6 heterocycles. The summed E-state index contributed by atoms with van der Waals surface area (Å²) in [7, 11) is 2.99. The van der Waals surface area contributed by atoms with Gasteiger partial charge in [-0.3, -0.25) is 19.2 Å². The minimum atomic E-state index is -3.36. The Kier molecular flexibility index (Phi) is 22.4. The Morgan fingerprint density at radius 1 is 0.607 bits per heavy atom. The third-order valence-electron chi connectivity index (χ3n) is 18.7. The van der Waals surface area contributed by atoms with E-state index in [9.17, 15) is 28.8 Å². The second kappa shape index (κ2) is 28.1. The Bertz CT molecular complexity index is 3240. The van der Waals surface area contributed by atoms with Crippen molar-refractivity contribution in [3.8, 4) is 23.3 Å². The average molecular weight is 1320 g/mol. The summed E-state index contributed by atoms with van der Waals surface area (Å²) in [6.45, 7) is 16.6. The molecule has 89 heavy (non-hydrogen) atoms. The van der Waals surface area contributed by atoms with Crippen molar-refractivity contribution in [1.82, 2.24) is 29.7 Å². The molecule has 2 amide bonds. The molecule has 2 aromatic heterocycles. The zero-order valence-corrected chi connectivity index (χ0v) is 55.4. The molecule has 0 unspecified atom stereocenters. The van der Waals surface area contributed by atoms with Crippen molar-refractivity contribution in [2.45, 2.75) is 200 Å². The van der Waals surface area contributed by atoms with E-state index in [0.717, 1.165) is 0 Å². The van der Waals surface area contributed by atoms with Crippen LogP contribution in [-0.4, -0.2) is 129 Å². The van der Waals surface area contributed by atoms with Crippen molar-refractivity contribution in [1.29, 1.82) is 0 Å². The molecule has 2 aromatic carbocycles. The van der Waals surface area contributed by atoms with E-state index in [0.29, 0.717) is 73.9 Å². The van der Waals surface area contributed by atoms with Gasteiger partial charge in [0.25, 0.3) is 11.8 Å². The summed E-state index contributed by atoms with van der Waals surface area (Å²) in [5.41, 5.74) is -1.88. The number of alkyl halides is 4. The minimum Gasteiger partial charge on any atom is -0.540 e. The quantitative estimate of drug-likeness (QED) is 0.0996. The van der Waals surface area contributed by atoms with Gasteiger partial charge >= 0.3 is 11.9 Å². The topological polar surface area (TPSA) is 216 Å². The van der Waals surface area contributed by atoms with E-state index in [1.165, 1.54) is 24.0 Å². The molecule has 10 rings (SSSR count). The van der Waals surface area contributed by atoms with E-state index in [1.807, 2.05) is 74.9 Å². The number of esters is 2. The van der Waals surface area contributed by atoms with Crippen LogP contribution in [-0.2, 0) is 87.2 Å². The van der Waals surface area contributed by atoms with Gasteiger partial charge in [0.15, 0.2) is 11.4 Å². The molecule has 6 aliphatic rings. The Balaban J connectivity index is 0.000000248. The van der Waals surface area contributed by atoms with Crippen LogP contribution in [0.1, 0.15) is 164 Å². The number of nitrogens with zero attached hydrogens (tertiary/aromatic N) is 6. The van der Waals surface area contributed by atoms with Crippen LogP contribution in [0.15, 0.2) is 36.4 Å².